The van der Waals surface area contributed by atoms with E-state index < -0.39 is 0 Å². The van der Waals surface area contributed by atoms with Gasteiger partial charge in [-0.15, -0.1) is 0 Å². The Balaban J connectivity index is 2.90. The van der Waals surface area contributed by atoms with Crippen molar-refractivity contribution in [3.8, 4) is 0 Å². The molecule has 1 atom stereocenters. The third-order valence-corrected chi connectivity index (χ3v) is 3.14. The first kappa shape index (κ1) is 16.0. The maximum atomic E-state index is 11.7. The molecule has 0 spiro atoms. The van der Waals surface area contributed by atoms with Gasteiger partial charge < -0.3 is 10.2 Å². The van der Waals surface area contributed by atoms with Gasteiger partial charge in [-0.2, -0.15) is 5.10 Å². The molecule has 5 nitrogen and oxygen atoms in total. The minimum Gasteiger partial charge on any atom is -0.378 e. The predicted octanol–water partition coefficient (Wildman–Crippen LogP) is 1.82. The van der Waals surface area contributed by atoms with E-state index in [0.29, 0.717) is 11.6 Å². The molecule has 0 aliphatic heterocycles. The molecule has 0 radical (unpaired) electrons. The van der Waals surface area contributed by atoms with Crippen LogP contribution in [-0.4, -0.2) is 41.4 Å². The molecule has 1 rings (SSSR count). The number of likely N-dealkylation sites (N-methyl/N-ethyl adjacent to an activating group) is 1. The molecule has 1 aromatic rings. The number of hydrogen-bond acceptors (Lipinski definition) is 4. The van der Waals surface area contributed by atoms with E-state index in [2.05, 4.69) is 29.2 Å². The van der Waals surface area contributed by atoms with Crippen molar-refractivity contribution in [2.24, 2.45) is 13.0 Å². The highest BCUT2D eigenvalue weighted by Gasteiger charge is 2.15. The quantitative estimate of drug-likeness (QED) is 0.867. The zero-order valence-electron chi connectivity index (χ0n) is 12.3. The fourth-order valence-corrected chi connectivity index (χ4v) is 2.25. The van der Waals surface area contributed by atoms with Gasteiger partial charge in [0.05, 0.1) is 11.9 Å². The second-order valence-electron chi connectivity index (χ2n) is 5.53. The third kappa shape index (κ3) is 4.84. The Morgan fingerprint density at radius 2 is 2.11 bits per heavy atom. The Labute approximate surface area is 119 Å². The molecule has 1 unspecified atom stereocenters. The lowest BCUT2D eigenvalue weighted by molar-refractivity contribution is 0.356. The molecule has 0 amide bonds. The first-order valence-corrected chi connectivity index (χ1v) is 6.82. The molecule has 0 aliphatic rings. The second kappa shape index (κ2) is 6.91. The van der Waals surface area contributed by atoms with Crippen LogP contribution in [0.4, 0.5) is 5.69 Å². The Kier molecular flexibility index (Phi) is 5.82. The van der Waals surface area contributed by atoms with E-state index in [-0.39, 0.29) is 16.6 Å². The summed E-state index contributed by atoms with van der Waals surface area (Å²) in [4.78, 5) is 13.8. The van der Waals surface area contributed by atoms with Gasteiger partial charge in [0.25, 0.3) is 5.56 Å². The maximum absolute atomic E-state index is 11.7. The average Bonchev–Trinajstić information content (AvgIpc) is 2.28. The van der Waals surface area contributed by atoms with Crippen LogP contribution in [0.15, 0.2) is 11.0 Å². The van der Waals surface area contributed by atoms with Crippen LogP contribution in [0, 0.1) is 5.92 Å². The van der Waals surface area contributed by atoms with Gasteiger partial charge in [0.2, 0.25) is 0 Å². The fraction of sp³-hybridized carbons (Fsp3) is 0.692. The zero-order chi connectivity index (χ0) is 14.6. The SMILES string of the molecule is CC(C)CC(CN(C)C)Nc1cnn(C)c(=O)c1Cl. The summed E-state index contributed by atoms with van der Waals surface area (Å²) in [6.45, 7) is 5.23. The number of nitrogens with one attached hydrogen (secondary N) is 1. The molecular weight excluding hydrogens is 264 g/mol. The van der Waals surface area contributed by atoms with E-state index in [4.69, 9.17) is 11.6 Å². The molecule has 6 heteroatoms. The van der Waals surface area contributed by atoms with Crippen molar-refractivity contribution in [3.63, 3.8) is 0 Å². The molecule has 19 heavy (non-hydrogen) atoms. The summed E-state index contributed by atoms with van der Waals surface area (Å²) in [5.74, 6) is 0.565. The number of nitrogens with zero attached hydrogens (tertiary/aromatic N) is 3. The highest BCUT2D eigenvalue weighted by molar-refractivity contribution is 6.32. The van der Waals surface area contributed by atoms with Crippen LogP contribution in [0.2, 0.25) is 5.02 Å². The van der Waals surface area contributed by atoms with Crippen molar-refractivity contribution in [2.75, 3.05) is 26.0 Å². The van der Waals surface area contributed by atoms with Crippen LogP contribution in [0.1, 0.15) is 20.3 Å². The van der Waals surface area contributed by atoms with E-state index in [1.165, 1.54) is 4.68 Å². The highest BCUT2D eigenvalue weighted by Crippen LogP contribution is 2.18. The molecule has 108 valence electrons. The summed E-state index contributed by atoms with van der Waals surface area (Å²) in [5, 5.41) is 7.52. The van der Waals surface area contributed by atoms with Crippen molar-refractivity contribution in [3.05, 3.63) is 21.6 Å². The predicted molar refractivity (Wildman–Crippen MR) is 79.9 cm³/mol. The lowest BCUT2D eigenvalue weighted by Gasteiger charge is -2.25. The number of hydrogen-bond donors (Lipinski definition) is 1. The molecular formula is C13H23ClN4O. The number of aryl methyl sites for hydroxylation is 1. The van der Waals surface area contributed by atoms with Crippen LogP contribution in [0.5, 0.6) is 0 Å². The van der Waals surface area contributed by atoms with Gasteiger partial charge in [0.1, 0.15) is 5.02 Å². The zero-order valence-corrected chi connectivity index (χ0v) is 13.0. The molecule has 1 heterocycles. The van der Waals surface area contributed by atoms with Gasteiger partial charge in [-0.1, -0.05) is 25.4 Å². The molecule has 0 fully saturated rings. The number of aromatic nitrogens is 2. The monoisotopic (exact) mass is 286 g/mol. The van der Waals surface area contributed by atoms with Gasteiger partial charge in [-0.3, -0.25) is 4.79 Å². The summed E-state index contributed by atoms with van der Waals surface area (Å²) < 4.78 is 1.23. The van der Waals surface area contributed by atoms with Crippen molar-refractivity contribution in [1.82, 2.24) is 14.7 Å². The fourth-order valence-electron chi connectivity index (χ4n) is 2.02. The Bertz CT molecular complexity index is 460. The molecule has 0 saturated carbocycles. The van der Waals surface area contributed by atoms with E-state index in [1.54, 1.807) is 13.2 Å². The minimum absolute atomic E-state index is 0.199. The van der Waals surface area contributed by atoms with E-state index in [1.807, 2.05) is 14.1 Å². The smallest absolute Gasteiger partial charge is 0.287 e. The maximum Gasteiger partial charge on any atom is 0.287 e. The Morgan fingerprint density at radius 1 is 1.47 bits per heavy atom. The van der Waals surface area contributed by atoms with Crippen molar-refractivity contribution in [1.29, 1.82) is 0 Å². The molecule has 0 aromatic carbocycles. The first-order valence-electron chi connectivity index (χ1n) is 6.44. The summed E-state index contributed by atoms with van der Waals surface area (Å²) in [5.41, 5.74) is 0.331. The molecule has 0 saturated heterocycles. The lowest BCUT2D eigenvalue weighted by Crippen LogP contribution is -2.34. The normalized spacial score (nSPS) is 13.1. The molecule has 0 aliphatic carbocycles. The van der Waals surface area contributed by atoms with Crippen LogP contribution in [-0.2, 0) is 7.05 Å². The number of rotatable bonds is 6. The van der Waals surface area contributed by atoms with Crippen LogP contribution < -0.4 is 10.9 Å². The molecule has 1 N–H and O–H groups in total. The summed E-state index contributed by atoms with van der Waals surface area (Å²) in [7, 11) is 5.64. The highest BCUT2D eigenvalue weighted by atomic mass is 35.5. The van der Waals surface area contributed by atoms with Gasteiger partial charge in [0.15, 0.2) is 0 Å². The second-order valence-corrected chi connectivity index (χ2v) is 5.91. The largest absolute Gasteiger partial charge is 0.378 e. The lowest BCUT2D eigenvalue weighted by atomic mass is 10.0. The third-order valence-electron chi connectivity index (χ3n) is 2.78. The van der Waals surface area contributed by atoms with Crippen LogP contribution in [0.25, 0.3) is 0 Å². The standard InChI is InChI=1S/C13H23ClN4O/c1-9(2)6-10(8-17(3)4)16-11-7-15-18(5)13(19)12(11)14/h7,9-10,16H,6,8H2,1-5H3. The van der Waals surface area contributed by atoms with Crippen LogP contribution in [0.3, 0.4) is 0 Å². The molecule has 0 bridgehead atoms. The van der Waals surface area contributed by atoms with Crippen molar-refractivity contribution in [2.45, 2.75) is 26.3 Å². The summed E-state index contributed by atoms with van der Waals surface area (Å²) in [6.07, 6.45) is 2.61. The summed E-state index contributed by atoms with van der Waals surface area (Å²) in [6, 6.07) is 0.237. The van der Waals surface area contributed by atoms with Gasteiger partial charge >= 0.3 is 0 Å². The molecule has 1 aromatic heterocycles. The van der Waals surface area contributed by atoms with E-state index >= 15 is 0 Å². The topological polar surface area (TPSA) is 50.2 Å². The van der Waals surface area contributed by atoms with Gasteiger partial charge in [-0.25, -0.2) is 4.68 Å². The number of halogens is 1. The van der Waals surface area contributed by atoms with E-state index in [9.17, 15) is 4.79 Å². The Morgan fingerprint density at radius 3 is 2.63 bits per heavy atom. The Hall–Kier alpha value is -1.07. The first-order chi connectivity index (χ1) is 8.81. The number of anilines is 1. The van der Waals surface area contributed by atoms with Crippen molar-refractivity contribution < 1.29 is 0 Å². The van der Waals surface area contributed by atoms with Crippen molar-refractivity contribution >= 4 is 17.3 Å². The minimum atomic E-state index is -0.278. The van der Waals surface area contributed by atoms with Gasteiger partial charge in [0, 0.05) is 19.6 Å². The van der Waals surface area contributed by atoms with Gasteiger partial charge in [-0.05, 0) is 26.4 Å². The summed E-state index contributed by atoms with van der Waals surface area (Å²) >= 11 is 6.07. The van der Waals surface area contributed by atoms with E-state index in [0.717, 1.165) is 13.0 Å². The average molecular weight is 287 g/mol. The van der Waals surface area contributed by atoms with Crippen LogP contribution >= 0.6 is 11.6 Å².